The SMILES string of the molecule is CC1CNc2ccc(N)cc2N1. The third kappa shape index (κ3) is 1.18. The first-order valence-electron chi connectivity index (χ1n) is 4.15. The fourth-order valence-electron chi connectivity index (χ4n) is 1.41. The van der Waals surface area contributed by atoms with Crippen molar-refractivity contribution in [3.63, 3.8) is 0 Å². The number of rotatable bonds is 0. The molecule has 1 aliphatic heterocycles. The molecule has 4 N–H and O–H groups in total. The van der Waals surface area contributed by atoms with Gasteiger partial charge in [-0.25, -0.2) is 0 Å². The molecule has 0 saturated carbocycles. The van der Waals surface area contributed by atoms with Crippen LogP contribution in [-0.4, -0.2) is 12.6 Å². The lowest BCUT2D eigenvalue weighted by Gasteiger charge is -2.25. The van der Waals surface area contributed by atoms with Gasteiger partial charge in [-0.1, -0.05) is 0 Å². The Bertz CT molecular complexity index is 296. The Labute approximate surface area is 72.0 Å². The van der Waals surface area contributed by atoms with Gasteiger partial charge in [-0.2, -0.15) is 0 Å². The quantitative estimate of drug-likeness (QED) is 0.508. The third-order valence-corrected chi connectivity index (χ3v) is 2.04. The van der Waals surface area contributed by atoms with E-state index in [4.69, 9.17) is 5.73 Å². The Morgan fingerprint density at radius 2 is 2.25 bits per heavy atom. The number of anilines is 3. The molecule has 1 aromatic rings. The number of hydrogen-bond acceptors (Lipinski definition) is 3. The summed E-state index contributed by atoms with van der Waals surface area (Å²) < 4.78 is 0. The Morgan fingerprint density at radius 3 is 3.08 bits per heavy atom. The molecule has 0 bridgehead atoms. The van der Waals surface area contributed by atoms with Crippen molar-refractivity contribution in [3.8, 4) is 0 Å². The van der Waals surface area contributed by atoms with E-state index in [-0.39, 0.29) is 0 Å². The molecule has 0 aliphatic carbocycles. The topological polar surface area (TPSA) is 50.1 Å². The number of nitrogens with two attached hydrogens (primary N) is 1. The fraction of sp³-hybridized carbons (Fsp3) is 0.333. The van der Waals surface area contributed by atoms with E-state index in [2.05, 4.69) is 17.6 Å². The summed E-state index contributed by atoms with van der Waals surface area (Å²) in [7, 11) is 0. The van der Waals surface area contributed by atoms with Crippen LogP contribution in [0.1, 0.15) is 6.92 Å². The van der Waals surface area contributed by atoms with Crippen LogP contribution in [0.4, 0.5) is 17.1 Å². The Morgan fingerprint density at radius 1 is 1.42 bits per heavy atom. The molecule has 0 spiro atoms. The minimum Gasteiger partial charge on any atom is -0.399 e. The molecular formula is C9H13N3. The molecule has 3 nitrogen and oxygen atoms in total. The van der Waals surface area contributed by atoms with E-state index in [0.29, 0.717) is 6.04 Å². The number of fused-ring (bicyclic) bond motifs is 1. The largest absolute Gasteiger partial charge is 0.399 e. The van der Waals surface area contributed by atoms with Crippen molar-refractivity contribution in [1.29, 1.82) is 0 Å². The van der Waals surface area contributed by atoms with Crippen molar-refractivity contribution < 1.29 is 0 Å². The maximum absolute atomic E-state index is 5.66. The molecule has 1 aliphatic rings. The maximum Gasteiger partial charge on any atom is 0.0599 e. The second kappa shape index (κ2) is 2.59. The number of benzene rings is 1. The lowest BCUT2D eigenvalue weighted by atomic mass is 10.1. The smallest absolute Gasteiger partial charge is 0.0599 e. The van der Waals surface area contributed by atoms with Crippen LogP contribution >= 0.6 is 0 Å². The Balaban J connectivity index is 2.37. The first-order valence-corrected chi connectivity index (χ1v) is 4.15. The average Bonchev–Trinajstić information content (AvgIpc) is 2.03. The van der Waals surface area contributed by atoms with Crippen LogP contribution in [-0.2, 0) is 0 Å². The van der Waals surface area contributed by atoms with E-state index >= 15 is 0 Å². The second-order valence-electron chi connectivity index (χ2n) is 3.23. The zero-order chi connectivity index (χ0) is 8.55. The average molecular weight is 163 g/mol. The van der Waals surface area contributed by atoms with E-state index in [1.165, 1.54) is 0 Å². The molecule has 0 amide bonds. The molecule has 1 unspecified atom stereocenters. The van der Waals surface area contributed by atoms with Gasteiger partial charge >= 0.3 is 0 Å². The van der Waals surface area contributed by atoms with Gasteiger partial charge in [0.2, 0.25) is 0 Å². The van der Waals surface area contributed by atoms with Crippen LogP contribution in [0.15, 0.2) is 18.2 Å². The lowest BCUT2D eigenvalue weighted by Crippen LogP contribution is -2.29. The van der Waals surface area contributed by atoms with Gasteiger partial charge in [0.1, 0.15) is 0 Å². The monoisotopic (exact) mass is 163 g/mol. The van der Waals surface area contributed by atoms with Gasteiger partial charge in [-0.15, -0.1) is 0 Å². The second-order valence-corrected chi connectivity index (χ2v) is 3.23. The molecule has 3 heteroatoms. The summed E-state index contributed by atoms with van der Waals surface area (Å²) >= 11 is 0. The van der Waals surface area contributed by atoms with E-state index in [0.717, 1.165) is 23.6 Å². The van der Waals surface area contributed by atoms with Crippen molar-refractivity contribution in [2.45, 2.75) is 13.0 Å². The van der Waals surface area contributed by atoms with Gasteiger partial charge < -0.3 is 16.4 Å². The number of nitrogen functional groups attached to an aromatic ring is 1. The van der Waals surface area contributed by atoms with Crippen LogP contribution < -0.4 is 16.4 Å². The van der Waals surface area contributed by atoms with Crippen molar-refractivity contribution in [1.82, 2.24) is 0 Å². The van der Waals surface area contributed by atoms with Gasteiger partial charge in [0.15, 0.2) is 0 Å². The molecule has 12 heavy (non-hydrogen) atoms. The van der Waals surface area contributed by atoms with Crippen molar-refractivity contribution >= 4 is 17.1 Å². The predicted molar refractivity (Wildman–Crippen MR) is 52.4 cm³/mol. The molecule has 1 atom stereocenters. The standard InChI is InChI=1S/C9H13N3/c1-6-5-11-8-3-2-7(10)4-9(8)12-6/h2-4,6,11-12H,5,10H2,1H3. The van der Waals surface area contributed by atoms with Crippen molar-refractivity contribution in [2.75, 3.05) is 22.9 Å². The van der Waals surface area contributed by atoms with Crippen molar-refractivity contribution in [2.24, 2.45) is 0 Å². The molecular weight excluding hydrogens is 150 g/mol. The van der Waals surface area contributed by atoms with Gasteiger partial charge in [0.25, 0.3) is 0 Å². The summed E-state index contributed by atoms with van der Waals surface area (Å²) in [6.45, 7) is 3.11. The fourth-order valence-corrected chi connectivity index (χ4v) is 1.41. The Hall–Kier alpha value is -1.38. The van der Waals surface area contributed by atoms with Crippen LogP contribution in [0, 0.1) is 0 Å². The van der Waals surface area contributed by atoms with Gasteiger partial charge in [-0.3, -0.25) is 0 Å². The summed E-state index contributed by atoms with van der Waals surface area (Å²) in [6.07, 6.45) is 0. The molecule has 0 fully saturated rings. The summed E-state index contributed by atoms with van der Waals surface area (Å²) in [5.74, 6) is 0. The molecule has 0 aromatic heterocycles. The van der Waals surface area contributed by atoms with Crippen LogP contribution in [0.25, 0.3) is 0 Å². The number of nitrogens with one attached hydrogen (secondary N) is 2. The van der Waals surface area contributed by atoms with E-state index < -0.39 is 0 Å². The van der Waals surface area contributed by atoms with Crippen LogP contribution in [0.2, 0.25) is 0 Å². The summed E-state index contributed by atoms with van der Waals surface area (Å²) in [4.78, 5) is 0. The first-order chi connectivity index (χ1) is 5.75. The Kier molecular flexibility index (Phi) is 1.57. The number of hydrogen-bond donors (Lipinski definition) is 3. The van der Waals surface area contributed by atoms with Crippen LogP contribution in [0.5, 0.6) is 0 Å². The minimum absolute atomic E-state index is 0.472. The third-order valence-electron chi connectivity index (χ3n) is 2.04. The highest BCUT2D eigenvalue weighted by Crippen LogP contribution is 2.27. The first kappa shape index (κ1) is 7.28. The lowest BCUT2D eigenvalue weighted by molar-refractivity contribution is 0.818. The molecule has 1 aromatic carbocycles. The maximum atomic E-state index is 5.66. The summed E-state index contributed by atoms with van der Waals surface area (Å²) in [6, 6.07) is 6.34. The highest BCUT2D eigenvalue weighted by molar-refractivity contribution is 5.74. The zero-order valence-corrected chi connectivity index (χ0v) is 7.09. The van der Waals surface area contributed by atoms with E-state index in [1.54, 1.807) is 0 Å². The summed E-state index contributed by atoms with van der Waals surface area (Å²) in [5.41, 5.74) is 8.71. The highest BCUT2D eigenvalue weighted by Gasteiger charge is 2.12. The van der Waals surface area contributed by atoms with E-state index in [1.807, 2.05) is 18.2 Å². The normalized spacial score (nSPS) is 20.6. The molecule has 0 saturated heterocycles. The van der Waals surface area contributed by atoms with E-state index in [9.17, 15) is 0 Å². The molecule has 64 valence electrons. The zero-order valence-electron chi connectivity index (χ0n) is 7.09. The van der Waals surface area contributed by atoms with Crippen molar-refractivity contribution in [3.05, 3.63) is 18.2 Å². The van der Waals surface area contributed by atoms with Gasteiger partial charge in [-0.05, 0) is 25.1 Å². The molecule has 2 rings (SSSR count). The summed E-state index contributed by atoms with van der Waals surface area (Å²) in [5, 5.41) is 6.68. The molecule has 1 heterocycles. The van der Waals surface area contributed by atoms with Gasteiger partial charge in [0, 0.05) is 18.3 Å². The molecule has 0 radical (unpaired) electrons. The minimum atomic E-state index is 0.472. The highest BCUT2D eigenvalue weighted by atomic mass is 15.1. The van der Waals surface area contributed by atoms with Crippen LogP contribution in [0.3, 0.4) is 0 Å². The predicted octanol–water partition coefficient (Wildman–Crippen LogP) is 1.49. The van der Waals surface area contributed by atoms with Gasteiger partial charge in [0.05, 0.1) is 11.4 Å².